The lowest BCUT2D eigenvalue weighted by molar-refractivity contribution is -0.0498. The summed E-state index contributed by atoms with van der Waals surface area (Å²) in [6, 6.07) is 10.5. The highest BCUT2D eigenvalue weighted by molar-refractivity contribution is 6.15. The number of hydrogen-bond acceptors (Lipinski definition) is 3. The van der Waals surface area contributed by atoms with E-state index in [0.717, 1.165) is 41.8 Å². The average Bonchev–Trinajstić information content (AvgIpc) is 2.57. The summed E-state index contributed by atoms with van der Waals surface area (Å²) in [6.07, 6.45) is 7.51. The zero-order valence-electron chi connectivity index (χ0n) is 13.3. The largest absolute Gasteiger partial charge is 0.435 e. The molecular weight excluding hydrogens is 369 g/mol. The van der Waals surface area contributed by atoms with E-state index in [9.17, 15) is 8.78 Å². The molecule has 0 N–H and O–H groups in total. The number of aliphatic imine (C=N–C) groups is 1. The Morgan fingerprint density at radius 2 is 1.84 bits per heavy atom. The second-order valence-electron chi connectivity index (χ2n) is 5.19. The summed E-state index contributed by atoms with van der Waals surface area (Å²) in [5.41, 5.74) is 4.01. The summed E-state index contributed by atoms with van der Waals surface area (Å²) < 4.78 is 28.7. The van der Waals surface area contributed by atoms with Crippen LogP contribution in [0.4, 0.5) is 8.78 Å². The number of benzene rings is 1. The van der Waals surface area contributed by atoms with Gasteiger partial charge < -0.3 is 4.74 Å². The highest BCUT2D eigenvalue weighted by Gasteiger charge is 2.14. The Hall–Kier alpha value is -1.98. The van der Waals surface area contributed by atoms with Crippen molar-refractivity contribution in [1.82, 2.24) is 4.98 Å². The first-order valence-corrected chi connectivity index (χ1v) is 7.43. The van der Waals surface area contributed by atoms with Gasteiger partial charge in [0.2, 0.25) is 0 Å². The Kier molecular flexibility index (Phi) is 8.52. The number of allylic oxidation sites excluding steroid dienone is 1. The summed E-state index contributed by atoms with van der Waals surface area (Å²) in [5, 5.41) is 0. The van der Waals surface area contributed by atoms with Crippen molar-refractivity contribution in [2.45, 2.75) is 19.5 Å². The smallest absolute Gasteiger partial charge is 0.387 e. The topological polar surface area (TPSA) is 34.5 Å². The van der Waals surface area contributed by atoms with Crippen LogP contribution in [-0.4, -0.2) is 23.9 Å². The molecule has 0 spiro atoms. The molecule has 3 rings (SSSR count). The van der Waals surface area contributed by atoms with Crippen molar-refractivity contribution in [2.24, 2.45) is 4.99 Å². The minimum atomic E-state index is -2.80. The second kappa shape index (κ2) is 10.1. The molecule has 134 valence electrons. The molecule has 0 amide bonds. The van der Waals surface area contributed by atoms with Crippen molar-refractivity contribution in [3.05, 3.63) is 65.5 Å². The summed E-state index contributed by atoms with van der Waals surface area (Å²) in [6.45, 7) is -2.00. The summed E-state index contributed by atoms with van der Waals surface area (Å²) in [4.78, 5) is 8.76. The highest BCUT2D eigenvalue weighted by Crippen LogP contribution is 2.23. The monoisotopic (exact) mass is 386 g/mol. The Morgan fingerprint density at radius 3 is 2.48 bits per heavy atom. The molecule has 2 heterocycles. The Morgan fingerprint density at radius 1 is 1.08 bits per heavy atom. The first-order chi connectivity index (χ1) is 11.2. The first kappa shape index (κ1) is 21.1. The molecule has 1 aromatic carbocycles. The first-order valence-electron chi connectivity index (χ1n) is 7.43. The van der Waals surface area contributed by atoms with E-state index in [1.54, 1.807) is 36.7 Å². The molecule has 25 heavy (non-hydrogen) atoms. The third-order valence-electron chi connectivity index (χ3n) is 3.56. The maximum atomic E-state index is 12.2. The van der Waals surface area contributed by atoms with E-state index in [1.807, 2.05) is 18.2 Å². The van der Waals surface area contributed by atoms with E-state index in [4.69, 9.17) is 0 Å². The van der Waals surface area contributed by atoms with Crippen molar-refractivity contribution < 1.29 is 13.5 Å². The number of nitrogens with zero attached hydrogens (tertiary/aromatic N) is 2. The molecule has 1 aliphatic rings. The van der Waals surface area contributed by atoms with Gasteiger partial charge >= 0.3 is 6.61 Å². The van der Waals surface area contributed by atoms with E-state index < -0.39 is 6.61 Å². The molecule has 1 aliphatic heterocycles. The van der Waals surface area contributed by atoms with Crippen LogP contribution in [0.25, 0.3) is 6.08 Å². The molecule has 2 aromatic rings. The molecule has 0 saturated heterocycles. The minimum Gasteiger partial charge on any atom is -0.435 e. The number of halogens is 4. The van der Waals surface area contributed by atoms with Crippen molar-refractivity contribution in [3.8, 4) is 5.75 Å². The van der Waals surface area contributed by atoms with Crippen LogP contribution in [0.5, 0.6) is 5.75 Å². The van der Waals surface area contributed by atoms with Crippen LogP contribution in [0.2, 0.25) is 0 Å². The van der Waals surface area contributed by atoms with E-state index >= 15 is 0 Å². The van der Waals surface area contributed by atoms with Crippen LogP contribution in [-0.2, 0) is 0 Å². The van der Waals surface area contributed by atoms with Gasteiger partial charge in [-0.05, 0) is 54.3 Å². The van der Waals surface area contributed by atoms with Gasteiger partial charge in [0.1, 0.15) is 5.75 Å². The molecule has 0 atom stereocenters. The quantitative estimate of drug-likeness (QED) is 0.723. The number of ether oxygens (including phenoxy) is 1. The fraction of sp³-hybridized carbons (Fsp3) is 0.222. The van der Waals surface area contributed by atoms with Crippen LogP contribution in [0, 0.1) is 0 Å². The lowest BCUT2D eigenvalue weighted by Crippen LogP contribution is -2.11. The van der Waals surface area contributed by atoms with Crippen LogP contribution in [0.15, 0.2) is 59.4 Å². The van der Waals surface area contributed by atoms with E-state index in [2.05, 4.69) is 14.7 Å². The zero-order valence-corrected chi connectivity index (χ0v) is 14.9. The van der Waals surface area contributed by atoms with Gasteiger partial charge in [0.15, 0.2) is 0 Å². The molecule has 0 saturated carbocycles. The van der Waals surface area contributed by atoms with E-state index in [-0.39, 0.29) is 30.6 Å². The van der Waals surface area contributed by atoms with Crippen LogP contribution in [0.1, 0.15) is 24.0 Å². The van der Waals surface area contributed by atoms with Crippen LogP contribution < -0.4 is 4.74 Å². The molecule has 0 aliphatic carbocycles. The van der Waals surface area contributed by atoms with Crippen molar-refractivity contribution in [2.75, 3.05) is 6.54 Å². The molecule has 7 heteroatoms. The number of alkyl halides is 2. The van der Waals surface area contributed by atoms with Gasteiger partial charge in [0.05, 0.1) is 5.71 Å². The second-order valence-corrected chi connectivity index (χ2v) is 5.19. The fourth-order valence-corrected chi connectivity index (χ4v) is 2.55. The van der Waals surface area contributed by atoms with Gasteiger partial charge in [-0.25, -0.2) is 0 Å². The zero-order chi connectivity index (χ0) is 16.1. The lowest BCUT2D eigenvalue weighted by atomic mass is 9.95. The Balaban J connectivity index is 0.00000156. The summed E-state index contributed by atoms with van der Waals surface area (Å²) in [5.74, 6) is 0.159. The van der Waals surface area contributed by atoms with E-state index in [0.29, 0.717) is 0 Å². The van der Waals surface area contributed by atoms with Gasteiger partial charge in [0.25, 0.3) is 0 Å². The number of hydrogen-bond donors (Lipinski definition) is 0. The normalized spacial score (nSPS) is 15.2. The molecule has 3 nitrogen and oxygen atoms in total. The number of rotatable bonds is 4. The van der Waals surface area contributed by atoms with Gasteiger partial charge in [-0.15, -0.1) is 24.8 Å². The molecule has 0 radical (unpaired) electrons. The van der Waals surface area contributed by atoms with E-state index in [1.165, 1.54) is 0 Å². The standard InChI is InChI=1S/C18H16F2N2O.2ClH/c19-18(20)23-16-7-5-13(6-8-16)11-14-3-2-10-22-17(14)15-4-1-9-21-12-15;;/h1,4-9,11-12,18H,2-3,10H2;2*1H. The maximum absolute atomic E-state index is 12.2. The number of pyridine rings is 1. The molecule has 1 aromatic heterocycles. The molecule has 0 bridgehead atoms. The SMILES string of the molecule is Cl.Cl.FC(F)Oc1ccc(C=C2CCCN=C2c2cccnc2)cc1. The fourth-order valence-electron chi connectivity index (χ4n) is 2.55. The predicted octanol–water partition coefficient (Wildman–Crippen LogP) is 5.19. The molecular formula is C18H18Cl2F2N2O. The van der Waals surface area contributed by atoms with Crippen molar-refractivity contribution in [3.63, 3.8) is 0 Å². The summed E-state index contributed by atoms with van der Waals surface area (Å²) >= 11 is 0. The van der Waals surface area contributed by atoms with Gasteiger partial charge in [-0.3, -0.25) is 9.98 Å². The Labute approximate surface area is 157 Å². The van der Waals surface area contributed by atoms with Gasteiger partial charge in [-0.2, -0.15) is 8.78 Å². The predicted molar refractivity (Wildman–Crippen MR) is 100 cm³/mol. The summed E-state index contributed by atoms with van der Waals surface area (Å²) in [7, 11) is 0. The van der Waals surface area contributed by atoms with Crippen LogP contribution >= 0.6 is 24.8 Å². The van der Waals surface area contributed by atoms with Crippen molar-refractivity contribution in [1.29, 1.82) is 0 Å². The van der Waals surface area contributed by atoms with Gasteiger partial charge in [0, 0.05) is 24.5 Å². The minimum absolute atomic E-state index is 0. The average molecular weight is 387 g/mol. The van der Waals surface area contributed by atoms with Crippen molar-refractivity contribution >= 4 is 36.6 Å². The third-order valence-corrected chi connectivity index (χ3v) is 3.56. The Bertz CT molecular complexity index is 720. The maximum Gasteiger partial charge on any atom is 0.387 e. The highest BCUT2D eigenvalue weighted by atomic mass is 35.5. The van der Waals surface area contributed by atoms with Crippen LogP contribution in [0.3, 0.4) is 0 Å². The molecule has 0 fully saturated rings. The number of aromatic nitrogens is 1. The third kappa shape index (κ3) is 5.80. The molecule has 0 unspecified atom stereocenters. The lowest BCUT2D eigenvalue weighted by Gasteiger charge is -2.16. The van der Waals surface area contributed by atoms with Gasteiger partial charge in [-0.1, -0.05) is 12.1 Å².